The van der Waals surface area contributed by atoms with Gasteiger partial charge in [-0.1, -0.05) is 53.3 Å². The highest BCUT2D eigenvalue weighted by molar-refractivity contribution is 5.88. The molecule has 0 aromatic rings. The predicted molar refractivity (Wildman–Crippen MR) is 160 cm³/mol. The maximum absolute atomic E-state index is 10.9. The van der Waals surface area contributed by atoms with Crippen LogP contribution in [0.3, 0.4) is 0 Å². The Bertz CT molecular complexity index is 572. The normalized spacial score (nSPS) is 10.0. The van der Waals surface area contributed by atoms with Gasteiger partial charge in [-0.25, -0.2) is 0 Å². The fourth-order valence-corrected chi connectivity index (χ4v) is 2.23. The van der Waals surface area contributed by atoms with Crippen molar-refractivity contribution < 1.29 is 4.79 Å². The molecule has 0 saturated heterocycles. The lowest BCUT2D eigenvalue weighted by Crippen LogP contribution is -2.26. The Morgan fingerprint density at radius 1 is 1.06 bits per heavy atom. The zero-order chi connectivity index (χ0) is 28.7. The third-order valence-electron chi connectivity index (χ3n) is 3.78. The van der Waals surface area contributed by atoms with Crippen LogP contribution in [0.25, 0.3) is 0 Å². The van der Waals surface area contributed by atoms with E-state index in [0.29, 0.717) is 0 Å². The number of carbonyl (C=O) groups excluding carboxylic acids is 1. The molecule has 7 nitrogen and oxygen atoms in total. The molecule has 1 amide bonds. The smallest absolute Gasteiger partial charge is 0.249 e. The molecule has 0 bridgehead atoms. The highest BCUT2D eigenvalue weighted by Crippen LogP contribution is 2.01. The van der Waals surface area contributed by atoms with Crippen molar-refractivity contribution in [3.63, 3.8) is 0 Å². The van der Waals surface area contributed by atoms with Gasteiger partial charge < -0.3 is 26.6 Å². The molecular formula is C28H58N6O. The number of nitrogens with one attached hydrogen (secondary N) is 1. The minimum atomic E-state index is -0.213. The summed E-state index contributed by atoms with van der Waals surface area (Å²) in [5.41, 5.74) is 10.7. The molecule has 206 valence electrons. The van der Waals surface area contributed by atoms with Gasteiger partial charge in [0, 0.05) is 59.1 Å². The standard InChI is InChI=1S/C9H17N3O.C8H18N2.C6H12.C3H6.C2H5N/c1-4-8(12(2)3)7-11-9(13)5-6-10;1-5-7-10(4)8(6-2)9-3;1-4-5-6(2)3;1-3-2;1-2-3/h5-7H,4,10H2,1-3H3,(H,11,13);5-7H2,1-4H3;4,6H,1,5H2,2-3H3;3H,1H2,2H3;2H,1,3H2/b6-5+,8-7-;;;;. The van der Waals surface area contributed by atoms with E-state index in [1.807, 2.05) is 46.0 Å². The van der Waals surface area contributed by atoms with Crippen molar-refractivity contribution in [2.45, 2.75) is 67.2 Å². The van der Waals surface area contributed by atoms with Crippen LogP contribution in [0.1, 0.15) is 67.2 Å². The summed E-state index contributed by atoms with van der Waals surface area (Å²) in [6.45, 7) is 23.8. The molecule has 0 aliphatic rings. The first kappa shape index (κ1) is 42.2. The van der Waals surface area contributed by atoms with Crippen molar-refractivity contribution in [1.29, 1.82) is 0 Å². The highest BCUT2D eigenvalue weighted by atomic mass is 16.1. The summed E-state index contributed by atoms with van der Waals surface area (Å²) in [7, 11) is 7.81. The molecule has 0 radical (unpaired) electrons. The van der Waals surface area contributed by atoms with Gasteiger partial charge in [0.05, 0.1) is 5.84 Å². The van der Waals surface area contributed by atoms with Gasteiger partial charge in [-0.2, -0.15) is 0 Å². The maximum Gasteiger partial charge on any atom is 0.249 e. The molecule has 0 aromatic heterocycles. The summed E-state index contributed by atoms with van der Waals surface area (Å²) in [6.07, 6.45) is 13.4. The summed E-state index contributed by atoms with van der Waals surface area (Å²) >= 11 is 0. The Morgan fingerprint density at radius 3 is 1.77 bits per heavy atom. The van der Waals surface area contributed by atoms with Gasteiger partial charge in [-0.3, -0.25) is 9.79 Å². The molecule has 0 spiro atoms. The topological polar surface area (TPSA) is 100.0 Å². The van der Waals surface area contributed by atoms with E-state index in [0.717, 1.165) is 37.4 Å². The lowest BCUT2D eigenvalue weighted by molar-refractivity contribution is -0.115. The quantitative estimate of drug-likeness (QED) is 0.166. The van der Waals surface area contributed by atoms with Crippen molar-refractivity contribution in [2.75, 3.05) is 34.7 Å². The molecule has 0 aromatic carbocycles. The fourth-order valence-electron chi connectivity index (χ4n) is 2.23. The molecule has 0 atom stereocenters. The number of allylic oxidation sites excluding steroid dienone is 3. The summed E-state index contributed by atoms with van der Waals surface area (Å²) in [5, 5.41) is 2.61. The first-order valence-electron chi connectivity index (χ1n) is 12.2. The minimum Gasteiger partial charge on any atom is -0.405 e. The third-order valence-corrected chi connectivity index (χ3v) is 3.78. The fraction of sp³-hybridized carbons (Fsp3) is 0.571. The van der Waals surface area contributed by atoms with Crippen molar-refractivity contribution >= 4 is 11.7 Å². The number of amides is 1. The molecule has 0 rings (SSSR count). The van der Waals surface area contributed by atoms with Gasteiger partial charge >= 0.3 is 0 Å². The highest BCUT2D eigenvalue weighted by Gasteiger charge is 1.99. The number of nitrogens with zero attached hydrogens (tertiary/aromatic N) is 3. The van der Waals surface area contributed by atoms with Crippen LogP contribution in [0.5, 0.6) is 0 Å². The van der Waals surface area contributed by atoms with Crippen LogP contribution in [0, 0.1) is 5.92 Å². The van der Waals surface area contributed by atoms with E-state index >= 15 is 0 Å². The van der Waals surface area contributed by atoms with Gasteiger partial charge in [0.25, 0.3) is 0 Å². The number of hydrogen-bond donors (Lipinski definition) is 3. The molecule has 0 saturated carbocycles. The SMILES string of the molecule is C=CC.C=CCC(C)C.C=CN.CC/C(=C/NC(=O)/C=C/N)N(C)C.CCCN(C)C(CC)=NC. The molecule has 5 N–H and O–H groups in total. The summed E-state index contributed by atoms with van der Waals surface area (Å²) in [6, 6.07) is 0. The lowest BCUT2D eigenvalue weighted by atomic mass is 10.1. The number of rotatable bonds is 9. The minimum absolute atomic E-state index is 0.213. The van der Waals surface area contributed by atoms with Crippen LogP contribution in [0.15, 0.2) is 67.3 Å². The Balaban J connectivity index is -0.000000120. The maximum atomic E-state index is 10.9. The van der Waals surface area contributed by atoms with Crippen LogP contribution < -0.4 is 16.8 Å². The Labute approximate surface area is 218 Å². The predicted octanol–water partition coefficient (Wildman–Crippen LogP) is 5.65. The average molecular weight is 495 g/mol. The van der Waals surface area contributed by atoms with E-state index in [9.17, 15) is 4.79 Å². The zero-order valence-electron chi connectivity index (χ0n) is 24.6. The van der Waals surface area contributed by atoms with E-state index in [2.05, 4.69) is 75.4 Å². The monoisotopic (exact) mass is 494 g/mol. The number of amidine groups is 1. The van der Waals surface area contributed by atoms with Crippen LogP contribution in [-0.4, -0.2) is 56.3 Å². The molecule has 35 heavy (non-hydrogen) atoms. The Hall–Kier alpha value is -2.96. The van der Waals surface area contributed by atoms with E-state index in [4.69, 9.17) is 5.73 Å². The molecule has 0 aliphatic heterocycles. The van der Waals surface area contributed by atoms with Crippen LogP contribution in [0.4, 0.5) is 0 Å². The van der Waals surface area contributed by atoms with Crippen molar-refractivity contribution in [3.05, 3.63) is 62.3 Å². The summed E-state index contributed by atoms with van der Waals surface area (Å²) < 4.78 is 0. The molecule has 0 fully saturated rings. The van der Waals surface area contributed by atoms with Gasteiger partial charge in [-0.15, -0.1) is 13.2 Å². The van der Waals surface area contributed by atoms with Crippen LogP contribution >= 0.6 is 0 Å². The van der Waals surface area contributed by atoms with Gasteiger partial charge in [0.15, 0.2) is 0 Å². The zero-order valence-corrected chi connectivity index (χ0v) is 24.6. The van der Waals surface area contributed by atoms with Crippen molar-refractivity contribution in [1.82, 2.24) is 15.1 Å². The summed E-state index contributed by atoms with van der Waals surface area (Å²) in [4.78, 5) is 19.3. The molecule has 0 unspecified atom stereocenters. The Morgan fingerprint density at radius 2 is 1.54 bits per heavy atom. The molecular weight excluding hydrogens is 436 g/mol. The van der Waals surface area contributed by atoms with Crippen molar-refractivity contribution in [3.8, 4) is 0 Å². The second-order valence-electron chi connectivity index (χ2n) is 7.73. The van der Waals surface area contributed by atoms with E-state index in [-0.39, 0.29) is 5.91 Å². The Kier molecular flexibility index (Phi) is 43.0. The second-order valence-corrected chi connectivity index (χ2v) is 7.73. The number of carbonyl (C=O) groups is 1. The largest absolute Gasteiger partial charge is 0.405 e. The molecule has 0 heterocycles. The average Bonchev–Trinajstić information content (AvgIpc) is 2.77. The second kappa shape index (κ2) is 35.6. The summed E-state index contributed by atoms with van der Waals surface area (Å²) in [5.74, 6) is 1.76. The van der Waals surface area contributed by atoms with Gasteiger partial charge in [-0.05, 0) is 44.5 Å². The number of hydrogen-bond acceptors (Lipinski definition) is 5. The van der Waals surface area contributed by atoms with E-state index < -0.39 is 0 Å². The van der Waals surface area contributed by atoms with E-state index in [1.165, 1.54) is 30.7 Å². The van der Waals surface area contributed by atoms with Gasteiger partial charge in [0.2, 0.25) is 5.91 Å². The van der Waals surface area contributed by atoms with Gasteiger partial charge in [0.1, 0.15) is 0 Å². The lowest BCUT2D eigenvalue weighted by Gasteiger charge is -2.18. The molecule has 7 heteroatoms. The first-order valence-corrected chi connectivity index (χ1v) is 12.2. The van der Waals surface area contributed by atoms with Crippen LogP contribution in [0.2, 0.25) is 0 Å². The first-order chi connectivity index (χ1) is 16.5. The third kappa shape index (κ3) is 41.7. The number of aliphatic imine (C=N–C) groups is 1. The van der Waals surface area contributed by atoms with Crippen molar-refractivity contribution in [2.24, 2.45) is 22.4 Å². The van der Waals surface area contributed by atoms with E-state index in [1.54, 1.807) is 12.3 Å². The van der Waals surface area contributed by atoms with Crippen LogP contribution in [-0.2, 0) is 4.79 Å². The molecule has 0 aliphatic carbocycles. The number of nitrogens with two attached hydrogens (primary N) is 2.